The maximum absolute atomic E-state index is 9.00. The van der Waals surface area contributed by atoms with Crippen LogP contribution in [-0.4, -0.2) is 36.5 Å². The Labute approximate surface area is 179 Å². The van der Waals surface area contributed by atoms with Crippen molar-refractivity contribution < 1.29 is 9.90 Å². The summed E-state index contributed by atoms with van der Waals surface area (Å²) in [5, 5.41) is 10.8. The maximum Gasteiger partial charge on any atom is 0.300 e. The van der Waals surface area contributed by atoms with Crippen LogP contribution in [0.5, 0.6) is 0 Å². The van der Waals surface area contributed by atoms with E-state index in [1.165, 1.54) is 83.5 Å². The molecular weight excluding hydrogens is 362 g/mol. The average Bonchev–Trinajstić information content (AvgIpc) is 3.21. The van der Waals surface area contributed by atoms with Crippen LogP contribution in [-0.2, 0) is 4.79 Å². The van der Waals surface area contributed by atoms with Gasteiger partial charge < -0.3 is 16.2 Å². The smallest absolute Gasteiger partial charge is 0.300 e. The van der Waals surface area contributed by atoms with Crippen LogP contribution in [0.15, 0.2) is 17.1 Å². The molecule has 0 saturated heterocycles. The molecule has 4 N–H and O–H groups in total. The van der Waals surface area contributed by atoms with E-state index in [1.54, 1.807) is 0 Å². The number of aliphatic carboxylic acids is 1. The molecule has 29 heavy (non-hydrogen) atoms. The topological polar surface area (TPSA) is 87.7 Å². The van der Waals surface area contributed by atoms with Crippen LogP contribution in [0.4, 0.5) is 0 Å². The van der Waals surface area contributed by atoms with Crippen molar-refractivity contribution in [1.82, 2.24) is 5.32 Å². The van der Waals surface area contributed by atoms with Crippen molar-refractivity contribution in [3.05, 3.63) is 12.2 Å². The lowest BCUT2D eigenvalue weighted by Crippen LogP contribution is -2.27. The summed E-state index contributed by atoms with van der Waals surface area (Å²) in [4.78, 5) is 13.5. The van der Waals surface area contributed by atoms with Gasteiger partial charge in [0, 0.05) is 19.4 Å². The summed E-state index contributed by atoms with van der Waals surface area (Å²) in [6.07, 6.45) is 23.9. The third-order valence-electron chi connectivity index (χ3n) is 5.12. The van der Waals surface area contributed by atoms with Gasteiger partial charge in [-0.25, -0.2) is 0 Å². The Morgan fingerprint density at radius 3 is 2.03 bits per heavy atom. The molecule has 0 spiro atoms. The minimum absolute atomic E-state index is 0.407. The quantitative estimate of drug-likeness (QED) is 0.213. The van der Waals surface area contributed by atoms with E-state index in [0.29, 0.717) is 5.92 Å². The summed E-state index contributed by atoms with van der Waals surface area (Å²) in [6.45, 7) is 6.01. The van der Waals surface area contributed by atoms with E-state index in [1.807, 2.05) is 0 Å². The lowest BCUT2D eigenvalue weighted by atomic mass is 10.0. The normalized spacial score (nSPS) is 14.2. The van der Waals surface area contributed by atoms with E-state index in [-0.39, 0.29) is 0 Å². The van der Waals surface area contributed by atoms with Gasteiger partial charge in [-0.3, -0.25) is 9.79 Å². The van der Waals surface area contributed by atoms with E-state index in [2.05, 4.69) is 29.4 Å². The van der Waals surface area contributed by atoms with Crippen LogP contribution in [0.1, 0.15) is 104 Å². The zero-order valence-electron chi connectivity index (χ0n) is 19.1. The van der Waals surface area contributed by atoms with E-state index in [4.69, 9.17) is 15.6 Å². The van der Waals surface area contributed by atoms with Crippen molar-refractivity contribution in [2.24, 2.45) is 16.6 Å². The van der Waals surface area contributed by atoms with Crippen LogP contribution in [0.2, 0.25) is 0 Å². The lowest BCUT2D eigenvalue weighted by Gasteiger charge is -2.12. The molecule has 170 valence electrons. The van der Waals surface area contributed by atoms with Crippen molar-refractivity contribution in [1.29, 1.82) is 0 Å². The van der Waals surface area contributed by atoms with Gasteiger partial charge in [-0.2, -0.15) is 0 Å². The van der Waals surface area contributed by atoms with Crippen molar-refractivity contribution in [2.75, 3.05) is 19.6 Å². The standard InChI is InChI=1S/C22H43N3.C2H4O2/c1-2-3-4-5-6-7-8-9-10-11-12-13-14-15-16-21(17-18-23)22-24-19-20-25-22;1-2(3)4/h15-16,21H,2-14,17-20,23H2,1H3,(H,24,25);1H3,(H,3,4). The fraction of sp³-hybridized carbons (Fsp3) is 0.833. The molecule has 0 saturated carbocycles. The molecule has 1 rings (SSSR count). The molecule has 0 fully saturated rings. The first-order chi connectivity index (χ1) is 14.1. The third-order valence-corrected chi connectivity index (χ3v) is 5.12. The number of unbranched alkanes of at least 4 members (excludes halogenated alkanes) is 12. The SMILES string of the molecule is CC(=O)O.CCCCCCCCCCCCCCC=CC(CCN)C1=NCCN1. The first-order valence-corrected chi connectivity index (χ1v) is 12.0. The Bertz CT molecular complexity index is 432. The number of allylic oxidation sites excluding steroid dienone is 1. The number of nitrogens with one attached hydrogen (secondary N) is 1. The second kappa shape index (κ2) is 21.4. The molecule has 0 aromatic heterocycles. The molecule has 5 nitrogen and oxygen atoms in total. The largest absolute Gasteiger partial charge is 0.481 e. The number of carboxylic acid groups (broad SMARTS) is 1. The molecule has 0 amide bonds. The van der Waals surface area contributed by atoms with Gasteiger partial charge in [0.05, 0.1) is 6.54 Å². The zero-order chi connectivity index (χ0) is 21.6. The summed E-state index contributed by atoms with van der Waals surface area (Å²) in [5.41, 5.74) is 5.73. The first-order valence-electron chi connectivity index (χ1n) is 12.0. The van der Waals surface area contributed by atoms with Crippen LogP contribution in [0.3, 0.4) is 0 Å². The summed E-state index contributed by atoms with van der Waals surface area (Å²) < 4.78 is 0. The monoisotopic (exact) mass is 409 g/mol. The Hall–Kier alpha value is -1.36. The van der Waals surface area contributed by atoms with E-state index in [9.17, 15) is 0 Å². The van der Waals surface area contributed by atoms with Gasteiger partial charge in [-0.15, -0.1) is 0 Å². The number of hydrogen-bond donors (Lipinski definition) is 3. The molecule has 1 heterocycles. The molecule has 1 aliphatic heterocycles. The Morgan fingerprint density at radius 1 is 1.07 bits per heavy atom. The average molecular weight is 410 g/mol. The number of hydrogen-bond acceptors (Lipinski definition) is 4. The van der Waals surface area contributed by atoms with E-state index in [0.717, 1.165) is 38.8 Å². The number of rotatable bonds is 17. The molecule has 5 heteroatoms. The number of carboxylic acids is 1. The number of carbonyl (C=O) groups is 1. The highest BCUT2D eigenvalue weighted by Gasteiger charge is 2.14. The lowest BCUT2D eigenvalue weighted by molar-refractivity contribution is -0.134. The first kappa shape index (κ1) is 27.6. The molecule has 0 aromatic rings. The minimum Gasteiger partial charge on any atom is -0.481 e. The van der Waals surface area contributed by atoms with Crippen molar-refractivity contribution in [3.8, 4) is 0 Å². The van der Waals surface area contributed by atoms with Gasteiger partial charge in [-0.1, -0.05) is 89.7 Å². The van der Waals surface area contributed by atoms with Gasteiger partial charge in [-0.05, 0) is 25.8 Å². The summed E-state index contributed by atoms with van der Waals surface area (Å²) in [7, 11) is 0. The van der Waals surface area contributed by atoms with Crippen LogP contribution in [0, 0.1) is 5.92 Å². The molecule has 1 aliphatic rings. The minimum atomic E-state index is -0.833. The van der Waals surface area contributed by atoms with Crippen LogP contribution in [0.25, 0.3) is 0 Å². The predicted molar refractivity (Wildman–Crippen MR) is 126 cm³/mol. The van der Waals surface area contributed by atoms with Gasteiger partial charge in [0.1, 0.15) is 5.84 Å². The molecule has 1 atom stereocenters. The Kier molecular flexibility index (Phi) is 20.3. The van der Waals surface area contributed by atoms with E-state index >= 15 is 0 Å². The molecule has 0 radical (unpaired) electrons. The van der Waals surface area contributed by atoms with Gasteiger partial charge in [0.25, 0.3) is 5.97 Å². The summed E-state index contributed by atoms with van der Waals surface area (Å²) in [6, 6.07) is 0. The van der Waals surface area contributed by atoms with Crippen molar-refractivity contribution in [2.45, 2.75) is 104 Å². The van der Waals surface area contributed by atoms with Crippen molar-refractivity contribution >= 4 is 11.8 Å². The highest BCUT2D eigenvalue weighted by molar-refractivity contribution is 5.87. The zero-order valence-corrected chi connectivity index (χ0v) is 19.1. The van der Waals surface area contributed by atoms with Gasteiger partial charge >= 0.3 is 0 Å². The fourth-order valence-corrected chi connectivity index (χ4v) is 3.53. The number of nitrogens with zero attached hydrogens (tertiary/aromatic N) is 1. The van der Waals surface area contributed by atoms with E-state index < -0.39 is 5.97 Å². The molecule has 1 unspecified atom stereocenters. The van der Waals surface area contributed by atoms with Crippen molar-refractivity contribution in [3.63, 3.8) is 0 Å². The van der Waals surface area contributed by atoms with Crippen LogP contribution >= 0.6 is 0 Å². The fourth-order valence-electron chi connectivity index (χ4n) is 3.53. The Morgan fingerprint density at radius 2 is 1.59 bits per heavy atom. The Balaban J connectivity index is 0.00000178. The molecular formula is C24H47N3O2. The highest BCUT2D eigenvalue weighted by atomic mass is 16.4. The van der Waals surface area contributed by atoms with Gasteiger partial charge in [0.15, 0.2) is 0 Å². The molecule has 0 aliphatic carbocycles. The predicted octanol–water partition coefficient (Wildman–Crippen LogP) is 5.69. The number of aliphatic imine (C=N–C) groups is 1. The number of amidine groups is 1. The van der Waals surface area contributed by atoms with Crippen LogP contribution < -0.4 is 11.1 Å². The van der Waals surface area contributed by atoms with Gasteiger partial charge in [0.2, 0.25) is 0 Å². The summed E-state index contributed by atoms with van der Waals surface area (Å²) in [5.74, 6) is 0.723. The molecule has 0 aromatic carbocycles. The second-order valence-electron chi connectivity index (χ2n) is 8.00. The maximum atomic E-state index is 9.00. The molecule has 0 bridgehead atoms. The summed E-state index contributed by atoms with van der Waals surface area (Å²) >= 11 is 0. The third kappa shape index (κ3) is 19.7. The highest BCUT2D eigenvalue weighted by Crippen LogP contribution is 2.13. The second-order valence-corrected chi connectivity index (χ2v) is 8.00. The number of nitrogens with two attached hydrogens (primary N) is 1.